The van der Waals surface area contributed by atoms with E-state index in [4.69, 9.17) is 4.74 Å². The Bertz CT molecular complexity index is 586. The molecular weight excluding hydrogens is 324 g/mol. The van der Waals surface area contributed by atoms with E-state index >= 15 is 0 Å². The summed E-state index contributed by atoms with van der Waals surface area (Å²) in [7, 11) is 0. The number of rotatable bonds is 1. The van der Waals surface area contributed by atoms with Crippen molar-refractivity contribution in [3.8, 4) is 5.75 Å². The summed E-state index contributed by atoms with van der Waals surface area (Å²) >= 11 is 0. The van der Waals surface area contributed by atoms with Crippen molar-refractivity contribution in [1.82, 2.24) is 10.2 Å². The lowest BCUT2D eigenvalue weighted by Gasteiger charge is -2.34. The fourth-order valence-corrected chi connectivity index (χ4v) is 4.45. The monoisotopic (exact) mass is 350 g/mol. The van der Waals surface area contributed by atoms with Gasteiger partial charge in [0.25, 0.3) is 0 Å². The zero-order valence-electron chi connectivity index (χ0n) is 14.1. The number of hydrogen-bond donors (Lipinski definition) is 1. The van der Waals surface area contributed by atoms with Crippen LogP contribution in [0.25, 0.3) is 0 Å². The lowest BCUT2D eigenvalue weighted by atomic mass is 9.78. The molecule has 1 atom stereocenters. The first-order valence-electron chi connectivity index (χ1n) is 8.96. The number of nitrogens with zero attached hydrogens (tertiary/aromatic N) is 1. The number of hydrogen-bond acceptors (Lipinski definition) is 3. The Morgan fingerprint density at radius 3 is 2.83 bits per heavy atom. The molecule has 24 heavy (non-hydrogen) atoms. The molecule has 0 radical (unpaired) electrons. The number of carbonyl (C=O) groups is 1. The van der Waals surface area contributed by atoms with Crippen molar-refractivity contribution < 1.29 is 9.53 Å². The summed E-state index contributed by atoms with van der Waals surface area (Å²) in [4.78, 5) is 15.2. The predicted molar refractivity (Wildman–Crippen MR) is 96.7 cm³/mol. The van der Waals surface area contributed by atoms with E-state index in [1.54, 1.807) is 0 Å². The number of benzene rings is 1. The second-order valence-electron chi connectivity index (χ2n) is 7.41. The predicted octanol–water partition coefficient (Wildman–Crippen LogP) is 2.65. The molecule has 0 aromatic heterocycles. The topological polar surface area (TPSA) is 41.6 Å². The van der Waals surface area contributed by atoms with Gasteiger partial charge in [0, 0.05) is 19.0 Å². The Labute approximate surface area is 150 Å². The SMILES string of the molecule is Cl.O=C(C1CCOc2ccccc2C1)N1CCC2(CCNCC2)C1. The number of amides is 1. The Morgan fingerprint density at radius 2 is 2.00 bits per heavy atom. The molecule has 3 aliphatic rings. The highest BCUT2D eigenvalue weighted by Gasteiger charge is 2.42. The second-order valence-corrected chi connectivity index (χ2v) is 7.41. The van der Waals surface area contributed by atoms with Gasteiger partial charge in [0.1, 0.15) is 5.75 Å². The minimum absolute atomic E-state index is 0. The van der Waals surface area contributed by atoms with Gasteiger partial charge in [0.15, 0.2) is 0 Å². The minimum atomic E-state index is 0. The molecule has 132 valence electrons. The second kappa shape index (κ2) is 7.32. The molecule has 1 unspecified atom stereocenters. The van der Waals surface area contributed by atoms with Crippen molar-refractivity contribution in [1.29, 1.82) is 0 Å². The van der Waals surface area contributed by atoms with Crippen LogP contribution in [0.4, 0.5) is 0 Å². The van der Waals surface area contributed by atoms with Gasteiger partial charge in [-0.25, -0.2) is 0 Å². The van der Waals surface area contributed by atoms with Crippen LogP contribution in [-0.2, 0) is 11.2 Å². The molecule has 1 spiro atoms. The molecule has 1 amide bonds. The van der Waals surface area contributed by atoms with Crippen LogP contribution in [0.15, 0.2) is 24.3 Å². The molecule has 3 aliphatic heterocycles. The first-order valence-corrected chi connectivity index (χ1v) is 8.96. The maximum atomic E-state index is 13.0. The third-order valence-electron chi connectivity index (χ3n) is 5.93. The van der Waals surface area contributed by atoms with Crippen molar-refractivity contribution in [3.05, 3.63) is 29.8 Å². The van der Waals surface area contributed by atoms with E-state index < -0.39 is 0 Å². The number of carbonyl (C=O) groups excluding carboxylic acids is 1. The van der Waals surface area contributed by atoms with Crippen LogP contribution in [0.5, 0.6) is 5.75 Å². The smallest absolute Gasteiger partial charge is 0.226 e. The lowest BCUT2D eigenvalue weighted by Crippen LogP contribution is -2.41. The van der Waals surface area contributed by atoms with Gasteiger partial charge in [-0.1, -0.05) is 18.2 Å². The molecule has 4 nitrogen and oxygen atoms in total. The normalized spacial score (nSPS) is 25.3. The Hall–Kier alpha value is -1.26. The number of fused-ring (bicyclic) bond motifs is 1. The number of nitrogens with one attached hydrogen (secondary N) is 1. The molecular formula is C19H27ClN2O2. The molecule has 5 heteroatoms. The molecule has 0 bridgehead atoms. The fraction of sp³-hybridized carbons (Fsp3) is 0.632. The van der Waals surface area contributed by atoms with Gasteiger partial charge < -0.3 is 15.0 Å². The summed E-state index contributed by atoms with van der Waals surface area (Å²) in [6.07, 6.45) is 5.26. The van der Waals surface area contributed by atoms with Gasteiger partial charge in [0.2, 0.25) is 5.91 Å². The highest BCUT2D eigenvalue weighted by Crippen LogP contribution is 2.39. The zero-order valence-corrected chi connectivity index (χ0v) is 14.9. The minimum Gasteiger partial charge on any atom is -0.493 e. The first kappa shape index (κ1) is 17.6. The van der Waals surface area contributed by atoms with Gasteiger partial charge in [-0.15, -0.1) is 12.4 Å². The molecule has 1 N–H and O–H groups in total. The van der Waals surface area contributed by atoms with Crippen LogP contribution in [0.1, 0.15) is 31.2 Å². The van der Waals surface area contributed by atoms with Crippen LogP contribution >= 0.6 is 12.4 Å². The third kappa shape index (κ3) is 3.40. The highest BCUT2D eigenvalue weighted by molar-refractivity contribution is 5.85. The number of piperidine rings is 1. The summed E-state index contributed by atoms with van der Waals surface area (Å²) in [5, 5.41) is 3.44. The van der Waals surface area contributed by atoms with Crippen molar-refractivity contribution >= 4 is 18.3 Å². The van der Waals surface area contributed by atoms with E-state index in [2.05, 4.69) is 16.3 Å². The molecule has 2 saturated heterocycles. The maximum absolute atomic E-state index is 13.0. The highest BCUT2D eigenvalue weighted by atomic mass is 35.5. The van der Waals surface area contributed by atoms with Crippen LogP contribution in [0, 0.1) is 11.3 Å². The number of likely N-dealkylation sites (tertiary alicyclic amines) is 1. The van der Waals surface area contributed by atoms with Gasteiger partial charge in [-0.05, 0) is 62.2 Å². The average Bonchev–Trinajstić information content (AvgIpc) is 2.86. The van der Waals surface area contributed by atoms with Gasteiger partial charge in [-0.2, -0.15) is 0 Å². The van der Waals surface area contributed by atoms with E-state index in [9.17, 15) is 4.79 Å². The lowest BCUT2D eigenvalue weighted by molar-refractivity contribution is -0.135. The summed E-state index contributed by atoms with van der Waals surface area (Å²) < 4.78 is 5.82. The summed E-state index contributed by atoms with van der Waals surface area (Å²) in [5.41, 5.74) is 1.57. The van der Waals surface area contributed by atoms with Crippen molar-refractivity contribution in [2.75, 3.05) is 32.8 Å². The van der Waals surface area contributed by atoms with Crippen LogP contribution in [0.3, 0.4) is 0 Å². The fourth-order valence-electron chi connectivity index (χ4n) is 4.45. The summed E-state index contributed by atoms with van der Waals surface area (Å²) in [6, 6.07) is 8.15. The zero-order chi connectivity index (χ0) is 15.7. The van der Waals surface area contributed by atoms with Crippen LogP contribution < -0.4 is 10.1 Å². The third-order valence-corrected chi connectivity index (χ3v) is 5.93. The van der Waals surface area contributed by atoms with E-state index in [0.717, 1.165) is 44.8 Å². The standard InChI is InChI=1S/C19H26N2O2.ClH/c22-18(21-11-8-19(14-21)6-9-20-10-7-19)16-5-12-23-17-4-2-1-3-15(17)13-16;/h1-4,16,20H,5-14H2;1H. The Balaban J connectivity index is 0.00000169. The van der Waals surface area contributed by atoms with Gasteiger partial charge in [0.05, 0.1) is 6.61 Å². The van der Waals surface area contributed by atoms with Gasteiger partial charge >= 0.3 is 0 Å². The van der Waals surface area contributed by atoms with E-state index in [0.29, 0.717) is 17.9 Å². The van der Waals surface area contributed by atoms with Crippen molar-refractivity contribution in [2.45, 2.75) is 32.1 Å². The van der Waals surface area contributed by atoms with Crippen LogP contribution in [0.2, 0.25) is 0 Å². The van der Waals surface area contributed by atoms with E-state index in [1.807, 2.05) is 18.2 Å². The average molecular weight is 351 g/mol. The van der Waals surface area contributed by atoms with Gasteiger partial charge in [-0.3, -0.25) is 4.79 Å². The first-order chi connectivity index (χ1) is 11.3. The molecule has 0 saturated carbocycles. The quantitative estimate of drug-likeness (QED) is 0.846. The molecule has 1 aromatic carbocycles. The molecule has 3 heterocycles. The molecule has 0 aliphatic carbocycles. The molecule has 2 fully saturated rings. The number of halogens is 1. The van der Waals surface area contributed by atoms with E-state index in [1.165, 1.54) is 24.8 Å². The number of para-hydroxylation sites is 1. The number of ether oxygens (including phenoxy) is 1. The summed E-state index contributed by atoms with van der Waals surface area (Å²) in [6.45, 7) is 4.76. The summed E-state index contributed by atoms with van der Waals surface area (Å²) in [5.74, 6) is 1.38. The van der Waals surface area contributed by atoms with Crippen molar-refractivity contribution in [3.63, 3.8) is 0 Å². The van der Waals surface area contributed by atoms with E-state index in [-0.39, 0.29) is 18.3 Å². The van der Waals surface area contributed by atoms with Crippen molar-refractivity contribution in [2.24, 2.45) is 11.3 Å². The Kier molecular flexibility index (Phi) is 5.36. The molecule has 1 aromatic rings. The van der Waals surface area contributed by atoms with Crippen LogP contribution in [-0.4, -0.2) is 43.6 Å². The Morgan fingerprint density at radius 1 is 1.21 bits per heavy atom. The maximum Gasteiger partial charge on any atom is 0.226 e. The molecule has 4 rings (SSSR count). The largest absolute Gasteiger partial charge is 0.493 e.